The topological polar surface area (TPSA) is 53.1 Å². The zero-order valence-corrected chi connectivity index (χ0v) is 6.82. The van der Waals surface area contributed by atoms with Crippen molar-refractivity contribution in [3.8, 4) is 0 Å². The minimum atomic E-state index is -2.51. The van der Waals surface area contributed by atoms with Crippen LogP contribution in [0, 0.1) is 5.41 Å². The predicted octanol–water partition coefficient (Wildman–Crippen LogP) is 0.653. The molecule has 1 aliphatic heterocycles. The number of nitrogens with zero attached hydrogens (tertiary/aromatic N) is 1. The van der Waals surface area contributed by atoms with E-state index in [0.717, 1.165) is 0 Å². The highest BCUT2D eigenvalue weighted by molar-refractivity contribution is 5.78. The fourth-order valence-corrected chi connectivity index (χ4v) is 1.28. The van der Waals surface area contributed by atoms with Crippen molar-refractivity contribution in [3.05, 3.63) is 0 Å². The number of piperidine rings is 1. The Morgan fingerprint density at radius 1 is 1.42 bits per heavy atom. The Balaban J connectivity index is 2.31. The van der Waals surface area contributed by atoms with E-state index >= 15 is 0 Å². The molecule has 3 nitrogen and oxygen atoms in total. The summed E-state index contributed by atoms with van der Waals surface area (Å²) < 4.78 is 25.2. The van der Waals surface area contributed by atoms with Crippen molar-refractivity contribution in [2.75, 3.05) is 19.6 Å². The van der Waals surface area contributed by atoms with Crippen molar-refractivity contribution in [1.29, 1.82) is 5.41 Å². The van der Waals surface area contributed by atoms with Crippen LogP contribution in [0.15, 0.2) is 0 Å². The van der Waals surface area contributed by atoms with Crippen LogP contribution in [0.4, 0.5) is 8.78 Å². The molecule has 12 heavy (non-hydrogen) atoms. The van der Waals surface area contributed by atoms with Gasteiger partial charge in [-0.15, -0.1) is 0 Å². The smallest absolute Gasteiger partial charge is 0.250 e. The van der Waals surface area contributed by atoms with Gasteiger partial charge < -0.3 is 5.73 Å². The molecule has 0 bridgehead atoms. The summed E-state index contributed by atoms with van der Waals surface area (Å²) in [5.41, 5.74) is 5.15. The van der Waals surface area contributed by atoms with E-state index in [2.05, 4.69) is 0 Å². The molecule has 0 amide bonds. The number of hydrogen-bond donors (Lipinski definition) is 2. The molecule has 0 aliphatic carbocycles. The molecule has 0 aromatic rings. The molecule has 1 aliphatic rings. The van der Waals surface area contributed by atoms with Crippen molar-refractivity contribution < 1.29 is 8.78 Å². The summed E-state index contributed by atoms with van der Waals surface area (Å²) in [6.45, 7) is 0.995. The van der Waals surface area contributed by atoms with Gasteiger partial charge in [0.25, 0.3) is 5.92 Å². The average Bonchev–Trinajstić information content (AvgIpc) is 1.93. The van der Waals surface area contributed by atoms with Crippen LogP contribution in [0.2, 0.25) is 0 Å². The Bertz CT molecular complexity index is 171. The van der Waals surface area contributed by atoms with Crippen LogP contribution >= 0.6 is 0 Å². The second-order valence-electron chi connectivity index (χ2n) is 3.16. The van der Waals surface area contributed by atoms with Crippen LogP contribution in [-0.2, 0) is 0 Å². The van der Waals surface area contributed by atoms with E-state index in [1.807, 2.05) is 0 Å². The van der Waals surface area contributed by atoms with E-state index in [4.69, 9.17) is 11.1 Å². The van der Waals surface area contributed by atoms with E-state index in [0.29, 0.717) is 19.6 Å². The third-order valence-electron chi connectivity index (χ3n) is 1.98. The molecule has 0 aromatic heterocycles. The van der Waals surface area contributed by atoms with Gasteiger partial charge in [-0.1, -0.05) is 0 Å². The third kappa shape index (κ3) is 2.73. The van der Waals surface area contributed by atoms with E-state index in [1.165, 1.54) is 0 Å². The predicted molar refractivity (Wildman–Crippen MR) is 42.5 cm³/mol. The summed E-state index contributed by atoms with van der Waals surface area (Å²) >= 11 is 0. The maximum absolute atomic E-state index is 12.6. The number of nitrogens with one attached hydrogen (secondary N) is 1. The molecule has 0 radical (unpaired) electrons. The van der Waals surface area contributed by atoms with Gasteiger partial charge in [-0.2, -0.15) is 0 Å². The van der Waals surface area contributed by atoms with Gasteiger partial charge in [0.1, 0.15) is 5.84 Å². The molecule has 5 heteroatoms. The minimum absolute atomic E-state index is 0.0419. The lowest BCUT2D eigenvalue weighted by molar-refractivity contribution is -0.0524. The van der Waals surface area contributed by atoms with Crippen molar-refractivity contribution in [1.82, 2.24) is 4.90 Å². The molecule has 70 valence electrons. The normalized spacial score (nSPS) is 23.8. The number of rotatable bonds is 2. The number of amidine groups is 1. The number of likely N-dealkylation sites (tertiary alicyclic amines) is 1. The molecular formula is C7H13F2N3. The molecular weight excluding hydrogens is 164 g/mol. The van der Waals surface area contributed by atoms with Gasteiger partial charge in [0.05, 0.1) is 6.54 Å². The second kappa shape index (κ2) is 3.35. The maximum atomic E-state index is 12.6. The lowest BCUT2D eigenvalue weighted by Gasteiger charge is -2.31. The first-order valence-corrected chi connectivity index (χ1v) is 3.93. The highest BCUT2D eigenvalue weighted by Crippen LogP contribution is 2.27. The summed E-state index contributed by atoms with van der Waals surface area (Å²) in [7, 11) is 0. The molecule has 0 atom stereocenters. The monoisotopic (exact) mass is 177 g/mol. The van der Waals surface area contributed by atoms with Crippen LogP contribution in [0.3, 0.4) is 0 Å². The molecule has 0 saturated carbocycles. The zero-order valence-electron chi connectivity index (χ0n) is 6.82. The summed E-state index contributed by atoms with van der Waals surface area (Å²) in [4.78, 5) is 1.78. The van der Waals surface area contributed by atoms with Gasteiger partial charge in [0, 0.05) is 25.9 Å². The Labute approximate surface area is 70.0 Å². The minimum Gasteiger partial charge on any atom is -0.387 e. The molecule has 1 saturated heterocycles. The van der Waals surface area contributed by atoms with Crippen molar-refractivity contribution in [2.45, 2.75) is 18.8 Å². The SMILES string of the molecule is N=C(N)CN1CCC(F)(F)CC1. The van der Waals surface area contributed by atoms with Gasteiger partial charge in [-0.05, 0) is 0 Å². The lowest BCUT2D eigenvalue weighted by Crippen LogP contribution is -2.43. The van der Waals surface area contributed by atoms with E-state index < -0.39 is 5.92 Å². The fourth-order valence-electron chi connectivity index (χ4n) is 1.28. The van der Waals surface area contributed by atoms with Crippen molar-refractivity contribution in [2.24, 2.45) is 5.73 Å². The highest BCUT2D eigenvalue weighted by atomic mass is 19.3. The number of hydrogen-bond acceptors (Lipinski definition) is 2. The van der Waals surface area contributed by atoms with E-state index in [-0.39, 0.29) is 18.7 Å². The summed E-state index contributed by atoms with van der Waals surface area (Å²) in [5.74, 6) is -2.46. The van der Waals surface area contributed by atoms with Gasteiger partial charge in [-0.25, -0.2) is 8.78 Å². The molecule has 1 rings (SSSR count). The van der Waals surface area contributed by atoms with Gasteiger partial charge in [-0.3, -0.25) is 10.3 Å². The second-order valence-corrected chi connectivity index (χ2v) is 3.16. The Kier molecular flexibility index (Phi) is 2.62. The molecule has 0 unspecified atom stereocenters. The molecule has 1 fully saturated rings. The molecule has 0 spiro atoms. The zero-order chi connectivity index (χ0) is 9.19. The standard InChI is InChI=1S/C7H13F2N3/c8-7(9)1-3-12(4-2-7)5-6(10)11/h1-5H2,(H3,10,11). The number of nitrogens with two attached hydrogens (primary N) is 1. The summed E-state index contributed by atoms with van der Waals surface area (Å²) in [6, 6.07) is 0. The first kappa shape index (κ1) is 9.38. The Morgan fingerprint density at radius 2 is 1.92 bits per heavy atom. The summed E-state index contributed by atoms with van der Waals surface area (Å²) in [5, 5.41) is 6.98. The first-order chi connectivity index (χ1) is 5.49. The van der Waals surface area contributed by atoms with E-state index in [1.54, 1.807) is 4.90 Å². The van der Waals surface area contributed by atoms with Gasteiger partial charge >= 0.3 is 0 Å². The Morgan fingerprint density at radius 3 is 2.33 bits per heavy atom. The van der Waals surface area contributed by atoms with Crippen LogP contribution in [0.1, 0.15) is 12.8 Å². The number of alkyl halides is 2. The Hall–Kier alpha value is -0.710. The molecule has 3 N–H and O–H groups in total. The van der Waals surface area contributed by atoms with Crippen molar-refractivity contribution in [3.63, 3.8) is 0 Å². The highest BCUT2D eigenvalue weighted by Gasteiger charge is 2.33. The molecule has 1 heterocycles. The van der Waals surface area contributed by atoms with E-state index in [9.17, 15) is 8.78 Å². The summed E-state index contributed by atoms with van der Waals surface area (Å²) in [6.07, 6.45) is -0.222. The first-order valence-electron chi connectivity index (χ1n) is 3.93. The average molecular weight is 177 g/mol. The third-order valence-corrected chi connectivity index (χ3v) is 1.98. The number of halogens is 2. The van der Waals surface area contributed by atoms with Crippen LogP contribution in [0.5, 0.6) is 0 Å². The van der Waals surface area contributed by atoms with Gasteiger partial charge in [0.15, 0.2) is 0 Å². The van der Waals surface area contributed by atoms with Crippen molar-refractivity contribution >= 4 is 5.84 Å². The fraction of sp³-hybridized carbons (Fsp3) is 0.857. The maximum Gasteiger partial charge on any atom is 0.250 e. The molecule has 0 aromatic carbocycles. The van der Waals surface area contributed by atoms with Gasteiger partial charge in [0.2, 0.25) is 0 Å². The van der Waals surface area contributed by atoms with Crippen LogP contribution in [0.25, 0.3) is 0 Å². The van der Waals surface area contributed by atoms with Crippen LogP contribution < -0.4 is 5.73 Å². The quantitative estimate of drug-likeness (QED) is 0.480. The lowest BCUT2D eigenvalue weighted by atomic mass is 10.1. The largest absolute Gasteiger partial charge is 0.387 e. The van der Waals surface area contributed by atoms with Crippen LogP contribution in [-0.4, -0.2) is 36.3 Å².